The number of hydrogen-bond donors (Lipinski definition) is 2. The molecule has 10 heteroatoms. The highest BCUT2D eigenvalue weighted by Gasteiger charge is 2.41. The van der Waals surface area contributed by atoms with Gasteiger partial charge >= 0.3 is 0 Å². The van der Waals surface area contributed by atoms with Crippen LogP contribution in [0, 0.1) is 11.3 Å². The minimum absolute atomic E-state index is 0.107. The second kappa shape index (κ2) is 8.07. The number of rotatable bonds is 6. The van der Waals surface area contributed by atoms with Crippen molar-refractivity contribution in [3.05, 3.63) is 61.2 Å². The zero-order valence-corrected chi connectivity index (χ0v) is 18.9. The maximum atomic E-state index is 12.2. The van der Waals surface area contributed by atoms with E-state index in [1.807, 2.05) is 35.3 Å². The molecule has 0 aliphatic carbocycles. The van der Waals surface area contributed by atoms with Crippen LogP contribution in [0.5, 0.6) is 0 Å². The van der Waals surface area contributed by atoms with Gasteiger partial charge in [0.25, 0.3) is 0 Å². The summed E-state index contributed by atoms with van der Waals surface area (Å²) < 4.78 is 7.19. The van der Waals surface area contributed by atoms with Gasteiger partial charge in [-0.05, 0) is 30.2 Å². The molecule has 0 radical (unpaired) electrons. The predicted molar refractivity (Wildman–Crippen MR) is 130 cm³/mol. The van der Waals surface area contributed by atoms with Crippen molar-refractivity contribution in [1.29, 1.82) is 5.26 Å². The van der Waals surface area contributed by atoms with Crippen molar-refractivity contribution in [2.24, 2.45) is 0 Å². The van der Waals surface area contributed by atoms with Crippen molar-refractivity contribution in [2.45, 2.75) is 18.4 Å². The highest BCUT2D eigenvalue weighted by Crippen LogP contribution is 2.34. The first-order valence-electron chi connectivity index (χ1n) is 11.3. The number of benzene rings is 1. The summed E-state index contributed by atoms with van der Waals surface area (Å²) in [5, 5.41) is 17.0. The molecule has 0 atom stereocenters. The van der Waals surface area contributed by atoms with Gasteiger partial charge in [-0.25, -0.2) is 9.97 Å². The van der Waals surface area contributed by atoms with Gasteiger partial charge in [-0.2, -0.15) is 10.4 Å². The van der Waals surface area contributed by atoms with Crippen LogP contribution in [-0.2, 0) is 21.5 Å². The number of nitrogens with one attached hydrogen (secondary N) is 2. The molecule has 1 saturated heterocycles. The molecular formula is C25H22N8O2. The van der Waals surface area contributed by atoms with Gasteiger partial charge in [0.2, 0.25) is 5.91 Å². The molecule has 1 amide bonds. The van der Waals surface area contributed by atoms with E-state index in [1.54, 1.807) is 17.3 Å². The Morgan fingerprint density at radius 3 is 3.03 bits per heavy atom. The Balaban J connectivity index is 1.30. The average Bonchev–Trinajstić information content (AvgIpc) is 3.58. The third kappa shape index (κ3) is 3.45. The lowest BCUT2D eigenvalue weighted by molar-refractivity contribution is -0.114. The van der Waals surface area contributed by atoms with Crippen molar-refractivity contribution in [1.82, 2.24) is 24.7 Å². The lowest BCUT2D eigenvalue weighted by Gasteiger charge is -2.39. The third-order valence-electron chi connectivity index (χ3n) is 6.60. The van der Waals surface area contributed by atoms with Gasteiger partial charge in [0, 0.05) is 41.4 Å². The monoisotopic (exact) mass is 466 g/mol. The number of anilines is 3. The number of nitriles is 1. The molecule has 2 aliphatic heterocycles. The molecule has 0 saturated carbocycles. The predicted octanol–water partition coefficient (Wildman–Crippen LogP) is 3.28. The minimum Gasteiger partial charge on any atom is -0.376 e. The maximum Gasteiger partial charge on any atom is 0.250 e. The average molecular weight is 467 g/mol. The Hall–Kier alpha value is -4.49. The van der Waals surface area contributed by atoms with Gasteiger partial charge in [0.15, 0.2) is 5.65 Å². The zero-order chi connectivity index (χ0) is 24.0. The highest BCUT2D eigenvalue weighted by atomic mass is 16.5. The molecule has 1 aromatic carbocycles. The Labute approximate surface area is 200 Å². The van der Waals surface area contributed by atoms with Crippen molar-refractivity contribution in [3.63, 3.8) is 0 Å². The lowest BCUT2D eigenvalue weighted by atomic mass is 9.94. The summed E-state index contributed by atoms with van der Waals surface area (Å²) in [6.45, 7) is 5.20. The quantitative estimate of drug-likeness (QED) is 0.418. The number of nitrogens with zero attached hydrogens (tertiary/aromatic N) is 6. The molecule has 0 spiro atoms. The normalized spacial score (nSPS) is 15.9. The van der Waals surface area contributed by atoms with Crippen LogP contribution in [-0.4, -0.2) is 50.4 Å². The number of hydrogen-bond acceptors (Lipinski definition) is 7. The molecule has 3 aromatic heterocycles. The minimum atomic E-state index is -0.411. The molecule has 6 rings (SSSR count). The van der Waals surface area contributed by atoms with Gasteiger partial charge in [0.1, 0.15) is 16.9 Å². The van der Waals surface area contributed by atoms with Crippen LogP contribution >= 0.6 is 0 Å². The van der Waals surface area contributed by atoms with Gasteiger partial charge in [-0.15, -0.1) is 0 Å². The van der Waals surface area contributed by atoms with Crippen LogP contribution < -0.4 is 10.2 Å². The van der Waals surface area contributed by atoms with Crippen LogP contribution in [0.3, 0.4) is 0 Å². The standard InChI is InChI=1S/C25H22N8O2/c1-2-22(34)32-8-5-16-3-4-18(9-20(16)32)30-21-12-28-24-23(31-21)19(11-27-24)17-10-29-33(13-17)25(6-7-26)14-35-15-25/h2-4,9-13H,1,5-6,8,14-15H2,(H,27,28)(H,30,31). The smallest absolute Gasteiger partial charge is 0.250 e. The van der Waals surface area contributed by atoms with Crippen molar-refractivity contribution in [2.75, 3.05) is 30.0 Å². The van der Waals surface area contributed by atoms with E-state index in [9.17, 15) is 10.1 Å². The number of H-pyrrole nitrogens is 1. The second-order valence-corrected chi connectivity index (χ2v) is 8.79. The molecule has 5 heterocycles. The van der Waals surface area contributed by atoms with Gasteiger partial charge in [0.05, 0.1) is 38.1 Å². The van der Waals surface area contributed by atoms with Gasteiger partial charge in [-0.1, -0.05) is 12.6 Å². The largest absolute Gasteiger partial charge is 0.376 e. The molecule has 2 N–H and O–H groups in total. The first-order chi connectivity index (χ1) is 17.1. The van der Waals surface area contributed by atoms with Crippen molar-refractivity contribution >= 4 is 34.3 Å². The number of ether oxygens (including phenoxy) is 1. The molecular weight excluding hydrogens is 444 g/mol. The number of carbonyl (C=O) groups is 1. The first-order valence-corrected chi connectivity index (χ1v) is 11.3. The molecule has 0 unspecified atom stereocenters. The van der Waals surface area contributed by atoms with E-state index in [-0.39, 0.29) is 5.91 Å². The fourth-order valence-corrected chi connectivity index (χ4v) is 4.64. The Morgan fingerprint density at radius 1 is 1.37 bits per heavy atom. The Morgan fingerprint density at radius 2 is 2.26 bits per heavy atom. The fraction of sp³-hybridized carbons (Fsp3) is 0.240. The van der Waals surface area contributed by atoms with Crippen LogP contribution in [0.2, 0.25) is 0 Å². The van der Waals surface area contributed by atoms with E-state index in [4.69, 9.17) is 9.72 Å². The Kier molecular flexibility index (Phi) is 4.86. The van der Waals surface area contributed by atoms with Gasteiger partial charge < -0.3 is 19.9 Å². The molecule has 4 aromatic rings. The van der Waals surface area contributed by atoms with E-state index in [0.29, 0.717) is 43.2 Å². The van der Waals surface area contributed by atoms with E-state index < -0.39 is 5.54 Å². The van der Waals surface area contributed by atoms with E-state index in [0.717, 1.165) is 34.5 Å². The van der Waals surface area contributed by atoms with Crippen molar-refractivity contribution in [3.8, 4) is 17.2 Å². The fourth-order valence-electron chi connectivity index (χ4n) is 4.64. The van der Waals surface area contributed by atoms with Crippen molar-refractivity contribution < 1.29 is 9.53 Å². The summed E-state index contributed by atoms with van der Waals surface area (Å²) in [5.74, 6) is 0.475. The third-order valence-corrected chi connectivity index (χ3v) is 6.60. The Bertz CT molecular complexity index is 1510. The van der Waals surface area contributed by atoms with Crippen LogP contribution in [0.4, 0.5) is 17.2 Å². The second-order valence-electron chi connectivity index (χ2n) is 8.79. The number of fused-ring (bicyclic) bond motifs is 2. The topological polar surface area (TPSA) is 125 Å². The highest BCUT2D eigenvalue weighted by molar-refractivity contribution is 6.03. The molecule has 0 bridgehead atoms. The first kappa shape index (κ1) is 21.1. The molecule has 2 aliphatic rings. The van der Waals surface area contributed by atoms with Crippen LogP contribution in [0.1, 0.15) is 12.0 Å². The van der Waals surface area contributed by atoms with Crippen LogP contribution in [0.25, 0.3) is 22.3 Å². The SMILES string of the molecule is C=CC(=O)N1CCc2ccc(Nc3cnc4[nH]cc(-c5cnn(C6(CC#N)COC6)c5)c4n3)cc21. The summed E-state index contributed by atoms with van der Waals surface area (Å²) in [4.78, 5) is 26.4. The summed E-state index contributed by atoms with van der Waals surface area (Å²) in [6, 6.07) is 8.19. The maximum absolute atomic E-state index is 12.2. The molecule has 10 nitrogen and oxygen atoms in total. The van der Waals surface area contributed by atoms with Crippen LogP contribution in [0.15, 0.2) is 55.6 Å². The lowest BCUT2D eigenvalue weighted by Crippen LogP contribution is -2.51. The zero-order valence-electron chi connectivity index (χ0n) is 18.9. The molecule has 174 valence electrons. The summed E-state index contributed by atoms with van der Waals surface area (Å²) >= 11 is 0. The number of aromatic nitrogens is 5. The number of aromatic amines is 1. The number of carbonyl (C=O) groups excluding carboxylic acids is 1. The van der Waals surface area contributed by atoms with E-state index in [2.05, 4.69) is 33.0 Å². The summed E-state index contributed by atoms with van der Waals surface area (Å²) in [7, 11) is 0. The summed E-state index contributed by atoms with van der Waals surface area (Å²) in [5.41, 5.74) is 5.53. The molecule has 1 fully saturated rings. The summed E-state index contributed by atoms with van der Waals surface area (Å²) in [6.07, 6.45) is 9.72. The number of amides is 1. The van der Waals surface area contributed by atoms with E-state index in [1.165, 1.54) is 6.08 Å². The van der Waals surface area contributed by atoms with E-state index >= 15 is 0 Å². The van der Waals surface area contributed by atoms with Gasteiger partial charge in [-0.3, -0.25) is 9.48 Å². The molecule has 35 heavy (non-hydrogen) atoms.